The highest BCUT2D eigenvalue weighted by molar-refractivity contribution is 8.01. The van der Waals surface area contributed by atoms with Gasteiger partial charge in [-0.05, 0) is 26.3 Å². The molecule has 2 aliphatic heterocycles. The van der Waals surface area contributed by atoms with E-state index in [1.807, 2.05) is 6.92 Å². The number of carbonyl (C=O) groups is 3. The number of amides is 2. The lowest BCUT2D eigenvalue weighted by molar-refractivity contribution is -0.383. The summed E-state index contributed by atoms with van der Waals surface area (Å²) in [5.41, 5.74) is -0.232. The summed E-state index contributed by atoms with van der Waals surface area (Å²) in [6.07, 6.45) is -0.0958. The third kappa shape index (κ3) is 3.61. The zero-order valence-electron chi connectivity index (χ0n) is 14.8. The molecular formula is C17H19N3O6S. The monoisotopic (exact) mass is 393 g/mol. The highest BCUT2D eigenvalue weighted by atomic mass is 32.2. The summed E-state index contributed by atoms with van der Waals surface area (Å²) in [4.78, 5) is 48.5. The highest BCUT2D eigenvalue weighted by Gasteiger charge is 2.53. The second kappa shape index (κ2) is 7.18. The molecular weight excluding hydrogens is 374 g/mol. The molecule has 0 bridgehead atoms. The first-order valence-electron chi connectivity index (χ1n) is 8.44. The number of fused-ring (bicyclic) bond motifs is 1. The number of hydrogen-bond donors (Lipinski definition) is 1. The molecule has 2 aliphatic rings. The molecule has 2 fully saturated rings. The van der Waals surface area contributed by atoms with Crippen molar-refractivity contribution >= 4 is 40.9 Å². The van der Waals surface area contributed by atoms with Crippen LogP contribution in [0.25, 0.3) is 0 Å². The first kappa shape index (κ1) is 19.2. The van der Waals surface area contributed by atoms with Crippen LogP contribution >= 0.6 is 11.8 Å². The minimum Gasteiger partial charge on any atom is -0.451 e. The van der Waals surface area contributed by atoms with Gasteiger partial charge in [0.2, 0.25) is 5.91 Å². The molecule has 0 radical (unpaired) electrons. The van der Waals surface area contributed by atoms with Gasteiger partial charge in [-0.2, -0.15) is 0 Å². The van der Waals surface area contributed by atoms with E-state index in [0.29, 0.717) is 18.6 Å². The number of nitro benzene ring substituents is 1. The molecule has 2 amide bonds. The number of nitrogens with zero attached hydrogens (tertiary/aromatic N) is 2. The van der Waals surface area contributed by atoms with Crippen molar-refractivity contribution in [3.05, 3.63) is 34.4 Å². The Kier molecular flexibility index (Phi) is 5.09. The third-order valence-corrected chi connectivity index (χ3v) is 6.24. The molecule has 0 aliphatic carbocycles. The van der Waals surface area contributed by atoms with E-state index in [2.05, 4.69) is 5.32 Å². The average Bonchev–Trinajstić information content (AvgIpc) is 3.11. The molecule has 10 heteroatoms. The van der Waals surface area contributed by atoms with Gasteiger partial charge in [-0.1, -0.05) is 12.1 Å². The average molecular weight is 393 g/mol. The molecule has 1 aromatic rings. The lowest BCUT2D eigenvalue weighted by atomic mass is 10.2. The minimum absolute atomic E-state index is 0.0223. The van der Waals surface area contributed by atoms with Crippen molar-refractivity contribution in [1.82, 2.24) is 4.90 Å². The SMILES string of the molecule is C[C@H](OC(=O)[C@H]1CS[C@@]2(C)CCC(=O)N12)C(=O)Nc1ccccc1[N+](=O)[O-]. The van der Waals surface area contributed by atoms with Gasteiger partial charge in [0.05, 0.1) is 9.79 Å². The first-order valence-corrected chi connectivity index (χ1v) is 9.42. The number of thioether (sulfide) groups is 1. The number of nitrogens with one attached hydrogen (secondary N) is 1. The van der Waals surface area contributed by atoms with E-state index in [1.165, 1.54) is 36.9 Å². The molecule has 0 saturated carbocycles. The van der Waals surface area contributed by atoms with E-state index in [0.717, 1.165) is 0 Å². The van der Waals surface area contributed by atoms with Crippen molar-refractivity contribution in [3.63, 3.8) is 0 Å². The zero-order chi connectivity index (χ0) is 19.8. The van der Waals surface area contributed by atoms with Crippen LogP contribution < -0.4 is 5.32 Å². The molecule has 1 aromatic carbocycles. The summed E-state index contributed by atoms with van der Waals surface area (Å²) in [7, 11) is 0. The molecule has 27 heavy (non-hydrogen) atoms. The van der Waals surface area contributed by atoms with Gasteiger partial charge in [0.15, 0.2) is 6.10 Å². The van der Waals surface area contributed by atoms with Crippen LogP contribution in [-0.4, -0.2) is 50.4 Å². The molecule has 2 saturated heterocycles. The van der Waals surface area contributed by atoms with Crippen LogP contribution in [0.5, 0.6) is 0 Å². The summed E-state index contributed by atoms with van der Waals surface area (Å²) >= 11 is 1.53. The Morgan fingerprint density at radius 2 is 2.15 bits per heavy atom. The Morgan fingerprint density at radius 3 is 2.85 bits per heavy atom. The van der Waals surface area contributed by atoms with Crippen LogP contribution in [0.15, 0.2) is 24.3 Å². The molecule has 3 atom stereocenters. The van der Waals surface area contributed by atoms with E-state index in [9.17, 15) is 24.5 Å². The molecule has 2 heterocycles. The van der Waals surface area contributed by atoms with Crippen LogP contribution in [0.1, 0.15) is 26.7 Å². The summed E-state index contributed by atoms with van der Waals surface area (Å²) in [6, 6.07) is 4.97. The van der Waals surface area contributed by atoms with Crippen molar-refractivity contribution in [2.75, 3.05) is 11.1 Å². The number of hydrogen-bond acceptors (Lipinski definition) is 7. The Bertz CT molecular complexity index is 816. The number of rotatable bonds is 5. The van der Waals surface area contributed by atoms with Gasteiger partial charge in [0.25, 0.3) is 11.6 Å². The Balaban J connectivity index is 1.64. The normalized spacial score (nSPS) is 25.0. The number of esters is 1. The van der Waals surface area contributed by atoms with Crippen LogP contribution in [0.4, 0.5) is 11.4 Å². The largest absolute Gasteiger partial charge is 0.451 e. The van der Waals surface area contributed by atoms with E-state index in [-0.39, 0.29) is 17.3 Å². The summed E-state index contributed by atoms with van der Waals surface area (Å²) in [5, 5.41) is 13.4. The number of ether oxygens (including phenoxy) is 1. The molecule has 3 rings (SSSR count). The molecule has 144 valence electrons. The number of benzene rings is 1. The number of para-hydroxylation sites is 2. The second-order valence-electron chi connectivity index (χ2n) is 6.61. The summed E-state index contributed by atoms with van der Waals surface area (Å²) in [6.45, 7) is 3.30. The lowest BCUT2D eigenvalue weighted by Gasteiger charge is -2.29. The Labute approximate surface area is 159 Å². The van der Waals surface area contributed by atoms with Gasteiger partial charge < -0.3 is 15.0 Å². The topological polar surface area (TPSA) is 119 Å². The van der Waals surface area contributed by atoms with Gasteiger partial charge in [-0.15, -0.1) is 11.8 Å². The molecule has 0 unspecified atom stereocenters. The van der Waals surface area contributed by atoms with E-state index in [1.54, 1.807) is 11.0 Å². The quantitative estimate of drug-likeness (QED) is 0.461. The second-order valence-corrected chi connectivity index (χ2v) is 8.11. The fraction of sp³-hybridized carbons (Fsp3) is 0.471. The summed E-state index contributed by atoms with van der Waals surface area (Å²) in [5.74, 6) is -1.01. The third-order valence-electron chi connectivity index (χ3n) is 4.74. The van der Waals surface area contributed by atoms with Crippen LogP contribution in [0, 0.1) is 10.1 Å². The maximum absolute atomic E-state index is 12.5. The zero-order valence-corrected chi connectivity index (χ0v) is 15.7. The number of anilines is 1. The maximum Gasteiger partial charge on any atom is 0.330 e. The van der Waals surface area contributed by atoms with Gasteiger partial charge in [0.1, 0.15) is 11.7 Å². The molecule has 0 spiro atoms. The van der Waals surface area contributed by atoms with Gasteiger partial charge in [-0.3, -0.25) is 19.7 Å². The van der Waals surface area contributed by atoms with Crippen molar-refractivity contribution in [2.24, 2.45) is 0 Å². The predicted molar refractivity (Wildman–Crippen MR) is 98.0 cm³/mol. The Hall–Kier alpha value is -2.62. The van der Waals surface area contributed by atoms with E-state index >= 15 is 0 Å². The Morgan fingerprint density at radius 1 is 1.44 bits per heavy atom. The van der Waals surface area contributed by atoms with Crippen LogP contribution in [0.3, 0.4) is 0 Å². The molecule has 1 N–H and O–H groups in total. The van der Waals surface area contributed by atoms with Gasteiger partial charge >= 0.3 is 5.97 Å². The number of nitro groups is 1. The molecule has 0 aromatic heterocycles. The van der Waals surface area contributed by atoms with Crippen molar-refractivity contribution in [3.8, 4) is 0 Å². The minimum atomic E-state index is -1.16. The van der Waals surface area contributed by atoms with Crippen molar-refractivity contribution in [2.45, 2.75) is 43.7 Å². The standard InChI is InChI=1S/C17H19N3O6S/c1-10(15(22)18-11-5-3-4-6-12(11)20(24)25)26-16(23)13-9-27-17(2)8-7-14(21)19(13)17/h3-6,10,13H,7-9H2,1-2H3,(H,18,22)/t10-,13+,17-/m0/s1. The lowest BCUT2D eigenvalue weighted by Crippen LogP contribution is -2.48. The summed E-state index contributed by atoms with van der Waals surface area (Å²) < 4.78 is 5.24. The fourth-order valence-corrected chi connectivity index (χ4v) is 4.69. The van der Waals surface area contributed by atoms with Crippen molar-refractivity contribution < 1.29 is 24.0 Å². The highest BCUT2D eigenvalue weighted by Crippen LogP contribution is 2.47. The maximum atomic E-state index is 12.5. The van der Waals surface area contributed by atoms with Gasteiger partial charge in [0, 0.05) is 18.2 Å². The molecule has 9 nitrogen and oxygen atoms in total. The van der Waals surface area contributed by atoms with Crippen LogP contribution in [0.2, 0.25) is 0 Å². The van der Waals surface area contributed by atoms with E-state index in [4.69, 9.17) is 4.74 Å². The predicted octanol–water partition coefficient (Wildman–Crippen LogP) is 1.92. The van der Waals surface area contributed by atoms with Crippen LogP contribution in [-0.2, 0) is 19.1 Å². The first-order chi connectivity index (χ1) is 12.7. The fourth-order valence-electron chi connectivity index (χ4n) is 3.27. The van der Waals surface area contributed by atoms with Crippen molar-refractivity contribution in [1.29, 1.82) is 0 Å². The van der Waals surface area contributed by atoms with Gasteiger partial charge in [-0.25, -0.2) is 4.79 Å². The smallest absolute Gasteiger partial charge is 0.330 e. The van der Waals surface area contributed by atoms with E-state index < -0.39 is 33.8 Å². The number of carbonyl (C=O) groups excluding carboxylic acids is 3.